The topological polar surface area (TPSA) is 119 Å². The van der Waals surface area contributed by atoms with Crippen molar-refractivity contribution >= 4 is 33.2 Å². The van der Waals surface area contributed by atoms with Crippen molar-refractivity contribution in [3.8, 4) is 17.6 Å². The number of halogens is 1. The van der Waals surface area contributed by atoms with Crippen LogP contribution in [0.25, 0.3) is 0 Å². The van der Waals surface area contributed by atoms with Gasteiger partial charge in [0.2, 0.25) is 16.0 Å². The van der Waals surface area contributed by atoms with Crippen LogP contribution in [0.15, 0.2) is 53.6 Å². The number of aryl methyl sites for hydroxylation is 1. The van der Waals surface area contributed by atoms with Gasteiger partial charge < -0.3 is 15.4 Å². The van der Waals surface area contributed by atoms with Crippen LogP contribution in [0, 0.1) is 24.6 Å². The fourth-order valence-electron chi connectivity index (χ4n) is 2.59. The molecule has 0 radical (unpaired) electrons. The van der Waals surface area contributed by atoms with Crippen molar-refractivity contribution in [3.05, 3.63) is 60.0 Å². The van der Waals surface area contributed by atoms with Crippen molar-refractivity contribution in [2.45, 2.75) is 18.7 Å². The minimum atomic E-state index is -3.89. The molecule has 8 nitrogen and oxygen atoms in total. The van der Waals surface area contributed by atoms with E-state index in [0.717, 1.165) is 6.20 Å². The maximum absolute atomic E-state index is 14.2. The highest BCUT2D eigenvalue weighted by Gasteiger charge is 2.13. The number of aromatic nitrogens is 2. The largest absolute Gasteiger partial charge is 0.481 e. The third-order valence-corrected chi connectivity index (χ3v) is 5.15. The fraction of sp³-hybridized carbons (Fsp3) is 0.143. The van der Waals surface area contributed by atoms with Gasteiger partial charge in [0.25, 0.3) is 0 Å². The second-order valence-corrected chi connectivity index (χ2v) is 7.94. The van der Waals surface area contributed by atoms with E-state index in [1.54, 1.807) is 50.2 Å². The average molecular weight is 441 g/mol. The molecule has 3 rings (SSSR count). The lowest BCUT2D eigenvalue weighted by atomic mass is 10.2. The van der Waals surface area contributed by atoms with Crippen LogP contribution in [-0.4, -0.2) is 25.0 Å². The standard InChI is InChI=1S/C21H20FN5O3S/c1-3-4-11-30-17-9-7-15(8-10-17)25-20-18(22)13-24-21(27-20)26-16-6-5-14(2)19(12-16)31(23,28)29/h5-10,12-13H,11H2,1-2H3,(H2,23,28,29)(H2,24,25,26,27). The molecule has 0 aliphatic carbocycles. The van der Waals surface area contributed by atoms with Gasteiger partial charge in [-0.1, -0.05) is 12.0 Å². The summed E-state index contributed by atoms with van der Waals surface area (Å²) >= 11 is 0. The Balaban J connectivity index is 1.77. The fourth-order valence-corrected chi connectivity index (χ4v) is 3.40. The Morgan fingerprint density at radius 3 is 2.52 bits per heavy atom. The van der Waals surface area contributed by atoms with Crippen LogP contribution in [-0.2, 0) is 10.0 Å². The zero-order valence-corrected chi connectivity index (χ0v) is 17.6. The molecule has 0 fully saturated rings. The minimum Gasteiger partial charge on any atom is -0.481 e. The number of benzene rings is 2. The molecule has 31 heavy (non-hydrogen) atoms. The molecular weight excluding hydrogens is 421 g/mol. The van der Waals surface area contributed by atoms with Crippen LogP contribution >= 0.6 is 0 Å². The van der Waals surface area contributed by atoms with Crippen molar-refractivity contribution in [2.75, 3.05) is 17.2 Å². The summed E-state index contributed by atoms with van der Waals surface area (Å²) in [5.74, 6) is 5.53. The number of nitrogens with zero attached hydrogens (tertiary/aromatic N) is 2. The van der Waals surface area contributed by atoms with Crippen LogP contribution in [0.2, 0.25) is 0 Å². The average Bonchev–Trinajstić information content (AvgIpc) is 2.72. The highest BCUT2D eigenvalue weighted by atomic mass is 32.2. The highest BCUT2D eigenvalue weighted by Crippen LogP contribution is 2.24. The van der Waals surface area contributed by atoms with E-state index in [1.165, 1.54) is 6.07 Å². The van der Waals surface area contributed by atoms with Crippen LogP contribution in [0.1, 0.15) is 12.5 Å². The summed E-state index contributed by atoms with van der Waals surface area (Å²) in [4.78, 5) is 7.99. The van der Waals surface area contributed by atoms with Crippen LogP contribution in [0.5, 0.6) is 5.75 Å². The van der Waals surface area contributed by atoms with Crippen LogP contribution in [0.3, 0.4) is 0 Å². The Hall–Kier alpha value is -3.68. The molecular formula is C21H20FN5O3S. The highest BCUT2D eigenvalue weighted by molar-refractivity contribution is 7.89. The number of rotatable bonds is 7. The SMILES string of the molecule is CC#CCOc1ccc(Nc2nc(Nc3ccc(C)c(S(N)(=O)=O)c3)ncc2F)cc1. The lowest BCUT2D eigenvalue weighted by molar-refractivity contribution is 0.370. The van der Waals surface area contributed by atoms with Crippen molar-refractivity contribution in [1.29, 1.82) is 0 Å². The molecule has 0 saturated heterocycles. The molecule has 0 saturated carbocycles. The van der Waals surface area contributed by atoms with Gasteiger partial charge in [-0.25, -0.2) is 22.9 Å². The van der Waals surface area contributed by atoms with E-state index in [2.05, 4.69) is 32.4 Å². The third-order valence-electron chi connectivity index (χ3n) is 4.10. The van der Waals surface area contributed by atoms with Gasteiger partial charge in [0.15, 0.2) is 11.6 Å². The Kier molecular flexibility index (Phi) is 6.69. The zero-order valence-electron chi connectivity index (χ0n) is 16.8. The maximum atomic E-state index is 14.2. The molecule has 2 aromatic carbocycles. The third kappa shape index (κ3) is 5.91. The maximum Gasteiger partial charge on any atom is 0.238 e. The second-order valence-electron chi connectivity index (χ2n) is 6.41. The number of primary sulfonamides is 1. The van der Waals surface area contributed by atoms with Gasteiger partial charge in [-0.3, -0.25) is 0 Å². The molecule has 3 aromatic rings. The van der Waals surface area contributed by atoms with Gasteiger partial charge in [-0.05, 0) is 55.8 Å². The smallest absolute Gasteiger partial charge is 0.238 e. The molecule has 0 aliphatic heterocycles. The number of hydrogen-bond donors (Lipinski definition) is 3. The van der Waals surface area contributed by atoms with E-state index >= 15 is 0 Å². The van der Waals surface area contributed by atoms with E-state index in [9.17, 15) is 12.8 Å². The Morgan fingerprint density at radius 1 is 1.13 bits per heavy atom. The first-order valence-electron chi connectivity index (χ1n) is 9.09. The number of hydrogen-bond acceptors (Lipinski definition) is 7. The summed E-state index contributed by atoms with van der Waals surface area (Å²) < 4.78 is 43.0. The van der Waals surface area contributed by atoms with Crippen LogP contribution in [0.4, 0.5) is 27.5 Å². The summed E-state index contributed by atoms with van der Waals surface area (Å²) in [7, 11) is -3.89. The predicted octanol–water partition coefficient (Wildman–Crippen LogP) is 3.46. The summed E-state index contributed by atoms with van der Waals surface area (Å²) in [6.07, 6.45) is 1.01. The summed E-state index contributed by atoms with van der Waals surface area (Å²) in [5.41, 5.74) is 1.48. The number of nitrogens with one attached hydrogen (secondary N) is 2. The summed E-state index contributed by atoms with van der Waals surface area (Å²) in [6, 6.07) is 11.5. The first kappa shape index (κ1) is 22.0. The minimum absolute atomic E-state index is 0.0230. The van der Waals surface area contributed by atoms with Crippen molar-refractivity contribution < 1.29 is 17.5 Å². The van der Waals surface area contributed by atoms with Crippen molar-refractivity contribution in [1.82, 2.24) is 9.97 Å². The van der Waals surface area contributed by atoms with E-state index in [4.69, 9.17) is 9.88 Å². The number of anilines is 4. The molecule has 1 aromatic heterocycles. The molecule has 0 unspecified atom stereocenters. The quantitative estimate of drug-likeness (QED) is 0.480. The molecule has 0 spiro atoms. The second kappa shape index (κ2) is 9.42. The lowest BCUT2D eigenvalue weighted by Crippen LogP contribution is -2.14. The Bertz CT molecular complexity index is 1250. The van der Waals surface area contributed by atoms with Crippen LogP contribution < -0.4 is 20.5 Å². The molecule has 10 heteroatoms. The van der Waals surface area contributed by atoms with Gasteiger partial charge in [-0.2, -0.15) is 4.98 Å². The van der Waals surface area contributed by atoms with Crippen molar-refractivity contribution in [2.24, 2.45) is 5.14 Å². The van der Waals surface area contributed by atoms with E-state index in [-0.39, 0.29) is 23.3 Å². The summed E-state index contributed by atoms with van der Waals surface area (Å²) in [5, 5.41) is 11.0. The van der Waals surface area contributed by atoms with E-state index in [0.29, 0.717) is 22.7 Å². The van der Waals surface area contributed by atoms with E-state index < -0.39 is 15.8 Å². The molecule has 160 valence electrons. The molecule has 1 heterocycles. The van der Waals surface area contributed by atoms with Gasteiger partial charge in [0, 0.05) is 11.4 Å². The first-order chi connectivity index (χ1) is 14.8. The van der Waals surface area contributed by atoms with Gasteiger partial charge >= 0.3 is 0 Å². The number of nitrogens with two attached hydrogens (primary N) is 1. The van der Waals surface area contributed by atoms with E-state index in [1.807, 2.05) is 0 Å². The monoisotopic (exact) mass is 441 g/mol. The summed E-state index contributed by atoms with van der Waals surface area (Å²) in [6.45, 7) is 3.64. The molecule has 0 bridgehead atoms. The van der Waals surface area contributed by atoms with Gasteiger partial charge in [0.1, 0.15) is 12.4 Å². The van der Waals surface area contributed by atoms with Gasteiger partial charge in [0.05, 0.1) is 11.1 Å². The molecule has 0 amide bonds. The molecule has 4 N–H and O–H groups in total. The number of ether oxygens (including phenoxy) is 1. The first-order valence-corrected chi connectivity index (χ1v) is 10.6. The molecule has 0 aliphatic rings. The lowest BCUT2D eigenvalue weighted by Gasteiger charge is -2.11. The van der Waals surface area contributed by atoms with Gasteiger partial charge in [-0.15, -0.1) is 5.92 Å². The zero-order chi connectivity index (χ0) is 22.4. The Labute approximate surface area is 179 Å². The molecule has 0 atom stereocenters. The Morgan fingerprint density at radius 2 is 1.84 bits per heavy atom. The normalized spacial score (nSPS) is 10.7. The van der Waals surface area contributed by atoms with Crippen molar-refractivity contribution in [3.63, 3.8) is 0 Å². The predicted molar refractivity (Wildman–Crippen MR) is 116 cm³/mol. The number of sulfonamides is 1.